The molecule has 1 aromatic carbocycles. The van der Waals surface area contributed by atoms with Gasteiger partial charge in [-0.05, 0) is 6.07 Å². The second-order valence-corrected chi connectivity index (χ2v) is 2.45. The first-order valence-electron chi connectivity index (χ1n) is 3.46. The molecule has 1 unspecified atom stereocenters. The van der Waals surface area contributed by atoms with Crippen LogP contribution in [-0.4, -0.2) is 11.7 Å². The van der Waals surface area contributed by atoms with Crippen LogP contribution in [0.5, 0.6) is 0 Å². The van der Waals surface area contributed by atoms with Crippen LogP contribution < -0.4 is 5.73 Å². The summed E-state index contributed by atoms with van der Waals surface area (Å²) >= 11 is 0. The van der Waals surface area contributed by atoms with E-state index >= 15 is 0 Å². The van der Waals surface area contributed by atoms with E-state index < -0.39 is 17.7 Å². The zero-order valence-electron chi connectivity index (χ0n) is 6.30. The van der Waals surface area contributed by atoms with Crippen LogP contribution in [0.2, 0.25) is 0 Å². The Bertz CT molecular complexity index is 278. The van der Waals surface area contributed by atoms with Crippen LogP contribution in [0.4, 0.5) is 8.78 Å². The molecule has 0 spiro atoms. The summed E-state index contributed by atoms with van der Waals surface area (Å²) in [4.78, 5) is 0. The van der Waals surface area contributed by atoms with Gasteiger partial charge in [-0.25, -0.2) is 8.78 Å². The highest BCUT2D eigenvalue weighted by atomic mass is 19.1. The van der Waals surface area contributed by atoms with E-state index in [0.29, 0.717) is 0 Å². The van der Waals surface area contributed by atoms with Gasteiger partial charge in [0.05, 0.1) is 12.6 Å². The monoisotopic (exact) mass is 173 g/mol. The highest BCUT2D eigenvalue weighted by molar-refractivity contribution is 5.21. The summed E-state index contributed by atoms with van der Waals surface area (Å²) in [5.74, 6) is -1.38. The molecule has 0 aromatic heterocycles. The van der Waals surface area contributed by atoms with Gasteiger partial charge in [0.15, 0.2) is 0 Å². The molecule has 0 aliphatic heterocycles. The maximum atomic E-state index is 12.9. The summed E-state index contributed by atoms with van der Waals surface area (Å²) in [6, 6.07) is 2.29. The molecule has 2 nitrogen and oxygen atoms in total. The van der Waals surface area contributed by atoms with Gasteiger partial charge >= 0.3 is 0 Å². The fourth-order valence-corrected chi connectivity index (χ4v) is 0.901. The number of hydrogen-bond donors (Lipinski definition) is 2. The molecule has 0 fully saturated rings. The first-order chi connectivity index (χ1) is 5.65. The summed E-state index contributed by atoms with van der Waals surface area (Å²) in [6.07, 6.45) is 0. The second-order valence-electron chi connectivity index (χ2n) is 2.45. The van der Waals surface area contributed by atoms with Crippen molar-refractivity contribution in [2.75, 3.05) is 6.61 Å². The Labute approximate surface area is 68.6 Å². The molecule has 0 heterocycles. The van der Waals surface area contributed by atoms with Crippen LogP contribution in [0.1, 0.15) is 11.6 Å². The standard InChI is InChI=1S/C8H9F2NO/c9-5-1-2-6(7(10)3-5)8(11)4-12/h1-3,8,12H,4,11H2. The lowest BCUT2D eigenvalue weighted by Crippen LogP contribution is -2.16. The van der Waals surface area contributed by atoms with E-state index in [4.69, 9.17) is 10.8 Å². The van der Waals surface area contributed by atoms with Gasteiger partial charge < -0.3 is 10.8 Å². The molecular weight excluding hydrogens is 164 g/mol. The summed E-state index contributed by atoms with van der Waals surface area (Å²) in [5, 5.41) is 8.60. The van der Waals surface area contributed by atoms with E-state index in [1.165, 1.54) is 6.07 Å². The number of halogens is 2. The molecule has 1 atom stereocenters. The van der Waals surface area contributed by atoms with Crippen molar-refractivity contribution in [2.24, 2.45) is 5.73 Å². The SMILES string of the molecule is NC(CO)c1ccc(F)cc1F. The fraction of sp³-hybridized carbons (Fsp3) is 0.250. The first kappa shape index (κ1) is 9.09. The molecule has 3 N–H and O–H groups in total. The average molecular weight is 173 g/mol. The Hall–Kier alpha value is -1.00. The molecule has 66 valence electrons. The second kappa shape index (κ2) is 3.60. The lowest BCUT2D eigenvalue weighted by Gasteiger charge is -2.08. The minimum absolute atomic E-state index is 0.124. The molecule has 0 aliphatic carbocycles. The third-order valence-corrected chi connectivity index (χ3v) is 1.56. The largest absolute Gasteiger partial charge is 0.394 e. The van der Waals surface area contributed by atoms with Crippen LogP contribution in [0, 0.1) is 11.6 Å². The van der Waals surface area contributed by atoms with Crippen LogP contribution in [-0.2, 0) is 0 Å². The lowest BCUT2D eigenvalue weighted by atomic mass is 10.1. The molecule has 1 rings (SSSR count). The molecule has 12 heavy (non-hydrogen) atoms. The number of hydrogen-bond acceptors (Lipinski definition) is 2. The van der Waals surface area contributed by atoms with E-state index in [1.807, 2.05) is 0 Å². The van der Waals surface area contributed by atoms with Crippen LogP contribution in [0.25, 0.3) is 0 Å². The summed E-state index contributed by atoms with van der Waals surface area (Å²) in [5.41, 5.74) is 5.46. The fourth-order valence-electron chi connectivity index (χ4n) is 0.901. The van der Waals surface area contributed by atoms with E-state index in [2.05, 4.69) is 0 Å². The van der Waals surface area contributed by atoms with Crippen molar-refractivity contribution in [2.45, 2.75) is 6.04 Å². The van der Waals surface area contributed by atoms with Crippen molar-refractivity contribution in [3.05, 3.63) is 35.4 Å². The van der Waals surface area contributed by atoms with Crippen molar-refractivity contribution in [1.29, 1.82) is 0 Å². The molecule has 0 saturated heterocycles. The molecule has 0 radical (unpaired) electrons. The molecule has 4 heteroatoms. The molecule has 0 saturated carbocycles. The van der Waals surface area contributed by atoms with E-state index in [-0.39, 0.29) is 12.2 Å². The van der Waals surface area contributed by atoms with Crippen LogP contribution in [0.3, 0.4) is 0 Å². The highest BCUT2D eigenvalue weighted by Gasteiger charge is 2.10. The van der Waals surface area contributed by atoms with E-state index in [0.717, 1.165) is 12.1 Å². The van der Waals surface area contributed by atoms with Gasteiger partial charge in [-0.1, -0.05) is 6.07 Å². The minimum atomic E-state index is -0.786. The molecule has 0 aliphatic rings. The third kappa shape index (κ3) is 1.78. The van der Waals surface area contributed by atoms with Gasteiger partial charge in [0, 0.05) is 11.6 Å². The zero-order valence-corrected chi connectivity index (χ0v) is 6.30. The Morgan fingerprint density at radius 3 is 2.58 bits per heavy atom. The van der Waals surface area contributed by atoms with Crippen LogP contribution in [0.15, 0.2) is 18.2 Å². The van der Waals surface area contributed by atoms with Gasteiger partial charge in [0.2, 0.25) is 0 Å². The number of nitrogens with two attached hydrogens (primary N) is 1. The Balaban J connectivity index is 3.01. The third-order valence-electron chi connectivity index (χ3n) is 1.56. The topological polar surface area (TPSA) is 46.2 Å². The number of rotatable bonds is 2. The molecule has 0 amide bonds. The number of aliphatic hydroxyl groups is 1. The van der Waals surface area contributed by atoms with Crippen molar-refractivity contribution >= 4 is 0 Å². The zero-order chi connectivity index (χ0) is 9.14. The molecule has 0 bridgehead atoms. The summed E-state index contributed by atoms with van der Waals surface area (Å²) in [6.45, 7) is -0.359. The normalized spacial score (nSPS) is 13.0. The van der Waals surface area contributed by atoms with Crippen molar-refractivity contribution in [3.63, 3.8) is 0 Å². The predicted octanol–water partition coefficient (Wildman–Crippen LogP) is 0.957. The number of aliphatic hydroxyl groups excluding tert-OH is 1. The maximum Gasteiger partial charge on any atom is 0.130 e. The molecular formula is C8H9F2NO. The van der Waals surface area contributed by atoms with Gasteiger partial charge in [-0.2, -0.15) is 0 Å². The van der Waals surface area contributed by atoms with Crippen LogP contribution >= 0.6 is 0 Å². The lowest BCUT2D eigenvalue weighted by molar-refractivity contribution is 0.265. The van der Waals surface area contributed by atoms with E-state index in [9.17, 15) is 8.78 Å². The van der Waals surface area contributed by atoms with Crippen molar-refractivity contribution in [1.82, 2.24) is 0 Å². The van der Waals surface area contributed by atoms with Gasteiger partial charge in [-0.3, -0.25) is 0 Å². The van der Waals surface area contributed by atoms with Gasteiger partial charge in [0.25, 0.3) is 0 Å². The minimum Gasteiger partial charge on any atom is -0.394 e. The van der Waals surface area contributed by atoms with Gasteiger partial charge in [-0.15, -0.1) is 0 Å². The quantitative estimate of drug-likeness (QED) is 0.699. The Kier molecular flexibility index (Phi) is 2.73. The van der Waals surface area contributed by atoms with Crippen molar-refractivity contribution < 1.29 is 13.9 Å². The summed E-state index contributed by atoms with van der Waals surface area (Å²) in [7, 11) is 0. The first-order valence-corrected chi connectivity index (χ1v) is 3.46. The van der Waals surface area contributed by atoms with E-state index in [1.54, 1.807) is 0 Å². The molecule has 1 aromatic rings. The van der Waals surface area contributed by atoms with Crippen molar-refractivity contribution in [3.8, 4) is 0 Å². The summed E-state index contributed by atoms with van der Waals surface area (Å²) < 4.78 is 25.2. The van der Waals surface area contributed by atoms with Gasteiger partial charge in [0.1, 0.15) is 11.6 Å². The average Bonchev–Trinajstić information content (AvgIpc) is 2.03. The smallest absolute Gasteiger partial charge is 0.130 e. The predicted molar refractivity (Wildman–Crippen MR) is 40.4 cm³/mol. The highest BCUT2D eigenvalue weighted by Crippen LogP contribution is 2.15. The Morgan fingerprint density at radius 2 is 2.08 bits per heavy atom. The Morgan fingerprint density at radius 1 is 1.42 bits per heavy atom. The number of benzene rings is 1. The maximum absolute atomic E-state index is 12.9.